The Morgan fingerprint density at radius 2 is 2.12 bits per heavy atom. The maximum absolute atomic E-state index is 12.3. The van der Waals surface area contributed by atoms with E-state index >= 15 is 0 Å². The average molecular weight is 341 g/mol. The quantitative estimate of drug-likeness (QED) is 0.843. The summed E-state index contributed by atoms with van der Waals surface area (Å²) in [5.41, 5.74) is 3.49. The molecule has 0 spiro atoms. The molecule has 0 unspecified atom stereocenters. The second kappa shape index (κ2) is 7.71. The molecular formula is C18H23N5O2. The maximum atomic E-state index is 12.3. The fourth-order valence-corrected chi connectivity index (χ4v) is 2.41. The molecule has 2 aromatic rings. The van der Waals surface area contributed by atoms with Gasteiger partial charge in [-0.25, -0.2) is 0 Å². The summed E-state index contributed by atoms with van der Waals surface area (Å²) in [4.78, 5) is 12.3. The maximum Gasteiger partial charge on any atom is 0.243 e. The number of carbonyl (C=O) groups excluding carboxylic acids is 1. The van der Waals surface area contributed by atoms with E-state index in [4.69, 9.17) is 10.00 Å². The molecule has 2 rings (SSSR count). The van der Waals surface area contributed by atoms with Gasteiger partial charge in [-0.1, -0.05) is 0 Å². The summed E-state index contributed by atoms with van der Waals surface area (Å²) < 4.78 is 7.45. The molecule has 0 fully saturated rings. The van der Waals surface area contributed by atoms with E-state index in [0.717, 1.165) is 17.1 Å². The molecule has 0 aliphatic carbocycles. The van der Waals surface area contributed by atoms with Crippen molar-refractivity contribution in [3.63, 3.8) is 0 Å². The first-order chi connectivity index (χ1) is 11.8. The van der Waals surface area contributed by atoms with Crippen LogP contribution in [0.4, 0.5) is 11.4 Å². The summed E-state index contributed by atoms with van der Waals surface area (Å²) >= 11 is 0. The number of nitriles is 1. The van der Waals surface area contributed by atoms with Crippen molar-refractivity contribution in [2.45, 2.75) is 33.8 Å². The fraction of sp³-hybridized carbons (Fsp3) is 0.389. The van der Waals surface area contributed by atoms with Crippen LogP contribution in [0.3, 0.4) is 0 Å². The Balaban J connectivity index is 2.09. The average Bonchev–Trinajstić information content (AvgIpc) is 2.79. The lowest BCUT2D eigenvalue weighted by Crippen LogP contribution is -2.23. The van der Waals surface area contributed by atoms with Crippen molar-refractivity contribution in [3.8, 4) is 11.8 Å². The number of aryl methyl sites for hydroxylation is 2. The number of nitrogens with one attached hydrogen (secondary N) is 2. The molecule has 1 aromatic heterocycles. The van der Waals surface area contributed by atoms with Gasteiger partial charge in [-0.3, -0.25) is 9.48 Å². The van der Waals surface area contributed by atoms with Crippen molar-refractivity contribution >= 4 is 17.3 Å². The Morgan fingerprint density at radius 1 is 1.40 bits per heavy atom. The summed E-state index contributed by atoms with van der Waals surface area (Å²) in [5, 5.41) is 19.3. The molecular weight excluding hydrogens is 318 g/mol. The predicted molar refractivity (Wildman–Crippen MR) is 96.7 cm³/mol. The molecule has 132 valence electrons. The van der Waals surface area contributed by atoms with E-state index in [0.29, 0.717) is 17.0 Å². The molecule has 0 saturated heterocycles. The number of amides is 1. The minimum Gasteiger partial charge on any atom is -0.489 e. The number of hydrogen-bond donors (Lipinski definition) is 2. The van der Waals surface area contributed by atoms with Gasteiger partial charge >= 0.3 is 0 Å². The Kier molecular flexibility index (Phi) is 5.65. The number of rotatable bonds is 6. The molecule has 2 N–H and O–H groups in total. The normalized spacial score (nSPS) is 10.4. The van der Waals surface area contributed by atoms with E-state index in [-0.39, 0.29) is 18.6 Å². The molecule has 0 saturated carbocycles. The minimum absolute atomic E-state index is 0.0111. The van der Waals surface area contributed by atoms with Gasteiger partial charge in [0.05, 0.1) is 47.0 Å². The first-order valence-electron chi connectivity index (χ1n) is 8.06. The van der Waals surface area contributed by atoms with Crippen LogP contribution in [0.2, 0.25) is 0 Å². The fourth-order valence-electron chi connectivity index (χ4n) is 2.41. The zero-order valence-electron chi connectivity index (χ0n) is 15.2. The first kappa shape index (κ1) is 18.3. The van der Waals surface area contributed by atoms with E-state index < -0.39 is 0 Å². The Labute approximate surface area is 147 Å². The van der Waals surface area contributed by atoms with Crippen molar-refractivity contribution in [2.24, 2.45) is 7.05 Å². The number of hydrogen-bond acceptors (Lipinski definition) is 5. The number of nitrogens with zero attached hydrogens (tertiary/aromatic N) is 3. The highest BCUT2D eigenvalue weighted by molar-refractivity contribution is 5.95. The number of ether oxygens (including phenoxy) is 1. The minimum atomic E-state index is -0.197. The molecule has 1 aromatic carbocycles. The number of benzene rings is 1. The second-order valence-corrected chi connectivity index (χ2v) is 6.06. The number of carbonyl (C=O) groups is 1. The third-order valence-electron chi connectivity index (χ3n) is 3.68. The lowest BCUT2D eigenvalue weighted by Gasteiger charge is -2.16. The monoisotopic (exact) mass is 341 g/mol. The van der Waals surface area contributed by atoms with Gasteiger partial charge < -0.3 is 15.4 Å². The largest absolute Gasteiger partial charge is 0.489 e. The van der Waals surface area contributed by atoms with Gasteiger partial charge in [0.25, 0.3) is 0 Å². The van der Waals surface area contributed by atoms with Crippen LogP contribution in [0.1, 0.15) is 30.8 Å². The molecule has 1 heterocycles. The predicted octanol–water partition coefficient (Wildman–Crippen LogP) is 2.75. The summed E-state index contributed by atoms with van der Waals surface area (Å²) in [7, 11) is 1.83. The summed E-state index contributed by atoms with van der Waals surface area (Å²) in [6, 6.07) is 7.17. The molecule has 25 heavy (non-hydrogen) atoms. The van der Waals surface area contributed by atoms with Crippen molar-refractivity contribution in [1.82, 2.24) is 9.78 Å². The van der Waals surface area contributed by atoms with Gasteiger partial charge in [-0.15, -0.1) is 0 Å². The van der Waals surface area contributed by atoms with E-state index in [1.807, 2.05) is 34.7 Å². The van der Waals surface area contributed by atoms with E-state index in [9.17, 15) is 4.79 Å². The Hall–Kier alpha value is -3.01. The van der Waals surface area contributed by atoms with E-state index in [2.05, 4.69) is 21.8 Å². The van der Waals surface area contributed by atoms with Gasteiger partial charge in [0.15, 0.2) is 0 Å². The van der Waals surface area contributed by atoms with Crippen LogP contribution in [-0.4, -0.2) is 28.3 Å². The van der Waals surface area contributed by atoms with E-state index in [1.165, 1.54) is 0 Å². The highest BCUT2D eigenvalue weighted by atomic mass is 16.5. The standard InChI is InChI=1S/C18H23N5O2/c1-11(2)25-16-7-6-14(9-19)8-15(16)20-10-17(24)21-18-12(3)22-23(5)13(18)4/h6-8,11,20H,10H2,1-5H3,(H,21,24). The summed E-state index contributed by atoms with van der Waals surface area (Å²) in [6.45, 7) is 7.64. The molecule has 0 aliphatic rings. The van der Waals surface area contributed by atoms with Crippen molar-refractivity contribution < 1.29 is 9.53 Å². The smallest absolute Gasteiger partial charge is 0.243 e. The molecule has 0 radical (unpaired) electrons. The third-order valence-corrected chi connectivity index (χ3v) is 3.68. The Morgan fingerprint density at radius 3 is 2.68 bits per heavy atom. The lowest BCUT2D eigenvalue weighted by atomic mass is 10.2. The van der Waals surface area contributed by atoms with Gasteiger partial charge in [-0.2, -0.15) is 10.4 Å². The molecule has 7 heteroatoms. The number of anilines is 2. The summed E-state index contributed by atoms with van der Waals surface area (Å²) in [6.07, 6.45) is -0.0111. The van der Waals surface area contributed by atoms with Crippen LogP contribution in [0.5, 0.6) is 5.75 Å². The van der Waals surface area contributed by atoms with Crippen LogP contribution in [0, 0.1) is 25.2 Å². The van der Waals surface area contributed by atoms with Gasteiger partial charge in [0, 0.05) is 7.05 Å². The Bertz CT molecular complexity index is 818. The topological polar surface area (TPSA) is 92.0 Å². The van der Waals surface area contributed by atoms with Crippen LogP contribution >= 0.6 is 0 Å². The van der Waals surface area contributed by atoms with Crippen LogP contribution in [-0.2, 0) is 11.8 Å². The van der Waals surface area contributed by atoms with Crippen molar-refractivity contribution in [2.75, 3.05) is 17.2 Å². The van der Waals surface area contributed by atoms with E-state index in [1.54, 1.807) is 22.9 Å². The van der Waals surface area contributed by atoms with Gasteiger partial charge in [-0.05, 0) is 45.9 Å². The highest BCUT2D eigenvalue weighted by Crippen LogP contribution is 2.26. The second-order valence-electron chi connectivity index (χ2n) is 6.06. The van der Waals surface area contributed by atoms with Crippen molar-refractivity contribution in [3.05, 3.63) is 35.2 Å². The zero-order valence-corrected chi connectivity index (χ0v) is 15.2. The molecule has 0 atom stereocenters. The molecule has 7 nitrogen and oxygen atoms in total. The first-order valence-corrected chi connectivity index (χ1v) is 8.06. The van der Waals surface area contributed by atoms with Gasteiger partial charge in [0.2, 0.25) is 5.91 Å². The number of aromatic nitrogens is 2. The zero-order chi connectivity index (χ0) is 18.6. The molecule has 0 aliphatic heterocycles. The lowest BCUT2D eigenvalue weighted by molar-refractivity contribution is -0.114. The molecule has 0 bridgehead atoms. The van der Waals surface area contributed by atoms with Crippen LogP contribution in [0.25, 0.3) is 0 Å². The van der Waals surface area contributed by atoms with Crippen LogP contribution in [0.15, 0.2) is 18.2 Å². The van der Waals surface area contributed by atoms with Gasteiger partial charge in [0.1, 0.15) is 5.75 Å². The summed E-state index contributed by atoms with van der Waals surface area (Å²) in [5.74, 6) is 0.410. The molecule has 1 amide bonds. The van der Waals surface area contributed by atoms with Crippen molar-refractivity contribution in [1.29, 1.82) is 5.26 Å². The van der Waals surface area contributed by atoms with Crippen LogP contribution < -0.4 is 15.4 Å². The highest BCUT2D eigenvalue weighted by Gasteiger charge is 2.13. The third kappa shape index (κ3) is 4.51. The SMILES string of the molecule is Cc1nn(C)c(C)c1NC(=O)CNc1cc(C#N)ccc1OC(C)C.